The molecule has 0 saturated carbocycles. The van der Waals surface area contributed by atoms with Crippen molar-refractivity contribution >= 4 is 18.3 Å². The summed E-state index contributed by atoms with van der Waals surface area (Å²) in [4.78, 5) is 14.2. The first kappa shape index (κ1) is 18.6. The molecule has 0 aliphatic carbocycles. The number of benzene rings is 1. The molecule has 1 aliphatic heterocycles. The summed E-state index contributed by atoms with van der Waals surface area (Å²) < 4.78 is 10.7. The molecule has 1 amide bonds. The third-order valence-electron chi connectivity index (χ3n) is 4.05. The predicted octanol–water partition coefficient (Wildman–Crippen LogP) is 2.56. The van der Waals surface area contributed by atoms with Crippen LogP contribution in [0.5, 0.6) is 11.5 Å². The van der Waals surface area contributed by atoms with Crippen LogP contribution >= 0.6 is 12.4 Å². The Hall–Kier alpha value is -1.46. The number of carbonyl (C=O) groups is 1. The van der Waals surface area contributed by atoms with Crippen molar-refractivity contribution in [1.82, 2.24) is 4.90 Å². The second kappa shape index (κ2) is 8.25. The van der Waals surface area contributed by atoms with Gasteiger partial charge in [-0.2, -0.15) is 0 Å². The van der Waals surface area contributed by atoms with Gasteiger partial charge in [0.25, 0.3) is 0 Å². The molecule has 0 aromatic heterocycles. The summed E-state index contributed by atoms with van der Waals surface area (Å²) in [7, 11) is 0. The SMILES string of the molecule is CCC(C)C(N)C(=O)N(CC)Cc1ccc2c(c1)OCO2.Cl. The van der Waals surface area contributed by atoms with Gasteiger partial charge < -0.3 is 20.1 Å². The van der Waals surface area contributed by atoms with E-state index < -0.39 is 6.04 Å². The predicted molar refractivity (Wildman–Crippen MR) is 88.3 cm³/mol. The Balaban J connectivity index is 0.00000242. The number of likely N-dealkylation sites (N-methyl/N-ethyl adjacent to an activating group) is 1. The molecule has 5 nitrogen and oxygen atoms in total. The minimum atomic E-state index is -0.441. The molecule has 124 valence electrons. The molecule has 6 heteroatoms. The lowest BCUT2D eigenvalue weighted by molar-refractivity contribution is -0.134. The maximum atomic E-state index is 12.5. The summed E-state index contributed by atoms with van der Waals surface area (Å²) in [6, 6.07) is 5.32. The van der Waals surface area contributed by atoms with Gasteiger partial charge in [0.15, 0.2) is 11.5 Å². The number of carbonyl (C=O) groups excluding carboxylic acids is 1. The molecule has 1 heterocycles. The average Bonchev–Trinajstić information content (AvgIpc) is 2.97. The van der Waals surface area contributed by atoms with Crippen LogP contribution in [0, 0.1) is 5.92 Å². The molecule has 2 unspecified atom stereocenters. The van der Waals surface area contributed by atoms with E-state index >= 15 is 0 Å². The number of amides is 1. The summed E-state index contributed by atoms with van der Waals surface area (Å²) in [5, 5.41) is 0. The van der Waals surface area contributed by atoms with Crippen LogP contribution < -0.4 is 15.2 Å². The molecule has 2 N–H and O–H groups in total. The van der Waals surface area contributed by atoms with Crippen molar-refractivity contribution in [2.45, 2.75) is 39.8 Å². The van der Waals surface area contributed by atoms with Crippen molar-refractivity contribution in [3.05, 3.63) is 23.8 Å². The lowest BCUT2D eigenvalue weighted by Gasteiger charge is -2.27. The van der Waals surface area contributed by atoms with Crippen molar-refractivity contribution < 1.29 is 14.3 Å². The number of hydrogen-bond donors (Lipinski definition) is 1. The Bertz CT molecular complexity index is 510. The molecular formula is C16H25ClN2O3. The maximum absolute atomic E-state index is 12.5. The molecule has 2 atom stereocenters. The lowest BCUT2D eigenvalue weighted by Crippen LogP contribution is -2.46. The van der Waals surface area contributed by atoms with Gasteiger partial charge >= 0.3 is 0 Å². The van der Waals surface area contributed by atoms with Crippen LogP contribution in [0.25, 0.3) is 0 Å². The van der Waals surface area contributed by atoms with Crippen LogP contribution in [0.2, 0.25) is 0 Å². The van der Waals surface area contributed by atoms with Crippen molar-refractivity contribution in [2.24, 2.45) is 11.7 Å². The van der Waals surface area contributed by atoms with E-state index in [-0.39, 0.29) is 31.0 Å². The highest BCUT2D eigenvalue weighted by molar-refractivity contribution is 5.85. The zero-order valence-electron chi connectivity index (χ0n) is 13.4. The summed E-state index contributed by atoms with van der Waals surface area (Å²) in [6.45, 7) is 7.46. The van der Waals surface area contributed by atoms with Gasteiger partial charge in [0.1, 0.15) is 0 Å². The second-order valence-electron chi connectivity index (χ2n) is 5.45. The first-order chi connectivity index (χ1) is 10.1. The molecular weight excluding hydrogens is 304 g/mol. The Morgan fingerprint density at radius 1 is 1.32 bits per heavy atom. The van der Waals surface area contributed by atoms with E-state index in [1.807, 2.05) is 39.0 Å². The van der Waals surface area contributed by atoms with E-state index in [1.54, 1.807) is 4.90 Å². The number of fused-ring (bicyclic) bond motifs is 1. The highest BCUT2D eigenvalue weighted by Gasteiger charge is 2.24. The average molecular weight is 329 g/mol. The highest BCUT2D eigenvalue weighted by Crippen LogP contribution is 2.32. The molecule has 0 spiro atoms. The fourth-order valence-corrected chi connectivity index (χ4v) is 2.31. The van der Waals surface area contributed by atoms with E-state index in [4.69, 9.17) is 15.2 Å². The van der Waals surface area contributed by atoms with Crippen molar-refractivity contribution in [3.63, 3.8) is 0 Å². The van der Waals surface area contributed by atoms with Crippen LogP contribution in [0.15, 0.2) is 18.2 Å². The van der Waals surface area contributed by atoms with Crippen molar-refractivity contribution in [2.75, 3.05) is 13.3 Å². The van der Waals surface area contributed by atoms with Gasteiger partial charge in [0, 0.05) is 13.1 Å². The van der Waals surface area contributed by atoms with Crippen LogP contribution in [0.3, 0.4) is 0 Å². The molecule has 0 saturated heterocycles. The Morgan fingerprint density at radius 2 is 2.00 bits per heavy atom. The number of nitrogens with zero attached hydrogens (tertiary/aromatic N) is 1. The molecule has 0 radical (unpaired) electrons. The third-order valence-corrected chi connectivity index (χ3v) is 4.05. The molecule has 1 aliphatic rings. The minimum absolute atomic E-state index is 0. The highest BCUT2D eigenvalue weighted by atomic mass is 35.5. The van der Waals surface area contributed by atoms with Crippen LogP contribution in [-0.2, 0) is 11.3 Å². The summed E-state index contributed by atoms with van der Waals surface area (Å²) >= 11 is 0. The first-order valence-electron chi connectivity index (χ1n) is 7.49. The lowest BCUT2D eigenvalue weighted by atomic mass is 9.98. The zero-order chi connectivity index (χ0) is 15.4. The monoisotopic (exact) mass is 328 g/mol. The number of ether oxygens (including phenoxy) is 2. The maximum Gasteiger partial charge on any atom is 0.240 e. The van der Waals surface area contributed by atoms with Gasteiger partial charge in [-0.05, 0) is 30.5 Å². The number of nitrogens with two attached hydrogens (primary N) is 1. The van der Waals surface area contributed by atoms with Crippen molar-refractivity contribution in [1.29, 1.82) is 0 Å². The summed E-state index contributed by atoms with van der Waals surface area (Å²) in [5.41, 5.74) is 7.07. The number of rotatable bonds is 6. The second-order valence-corrected chi connectivity index (χ2v) is 5.45. The van der Waals surface area contributed by atoms with E-state index in [2.05, 4.69) is 0 Å². The van der Waals surface area contributed by atoms with Gasteiger partial charge in [0.05, 0.1) is 6.04 Å². The van der Waals surface area contributed by atoms with E-state index in [0.29, 0.717) is 13.1 Å². The summed E-state index contributed by atoms with van der Waals surface area (Å²) in [6.07, 6.45) is 0.897. The van der Waals surface area contributed by atoms with Crippen LogP contribution in [0.4, 0.5) is 0 Å². The third kappa shape index (κ3) is 4.05. The van der Waals surface area contributed by atoms with Gasteiger partial charge in [-0.1, -0.05) is 26.3 Å². The van der Waals surface area contributed by atoms with Gasteiger partial charge in [-0.25, -0.2) is 0 Å². The van der Waals surface area contributed by atoms with E-state index in [9.17, 15) is 4.79 Å². The number of halogens is 1. The molecule has 1 aromatic rings. The fraction of sp³-hybridized carbons (Fsp3) is 0.562. The standard InChI is InChI=1S/C16H24N2O3.ClH/c1-4-11(3)15(17)16(19)18(5-2)9-12-6-7-13-14(8-12)21-10-20-13;/h6-8,11,15H,4-5,9-10,17H2,1-3H3;1H. The Kier molecular flexibility index (Phi) is 6.97. The van der Waals surface area contributed by atoms with Gasteiger partial charge in [0.2, 0.25) is 12.7 Å². The molecule has 0 bridgehead atoms. The fourth-order valence-electron chi connectivity index (χ4n) is 2.31. The molecule has 2 rings (SSSR count). The first-order valence-corrected chi connectivity index (χ1v) is 7.49. The van der Waals surface area contributed by atoms with Crippen LogP contribution in [0.1, 0.15) is 32.8 Å². The molecule has 1 aromatic carbocycles. The smallest absolute Gasteiger partial charge is 0.240 e. The van der Waals surface area contributed by atoms with Gasteiger partial charge in [-0.15, -0.1) is 12.4 Å². The molecule has 22 heavy (non-hydrogen) atoms. The Labute approximate surface area is 138 Å². The Morgan fingerprint density at radius 3 is 2.64 bits per heavy atom. The van der Waals surface area contributed by atoms with Crippen LogP contribution in [-0.4, -0.2) is 30.2 Å². The normalized spacial score (nSPS) is 14.9. The van der Waals surface area contributed by atoms with Gasteiger partial charge in [-0.3, -0.25) is 4.79 Å². The number of hydrogen-bond acceptors (Lipinski definition) is 4. The quantitative estimate of drug-likeness (QED) is 0.871. The van der Waals surface area contributed by atoms with Crippen molar-refractivity contribution in [3.8, 4) is 11.5 Å². The minimum Gasteiger partial charge on any atom is -0.454 e. The van der Waals surface area contributed by atoms with E-state index in [1.165, 1.54) is 0 Å². The topological polar surface area (TPSA) is 64.8 Å². The largest absolute Gasteiger partial charge is 0.454 e. The zero-order valence-corrected chi connectivity index (χ0v) is 14.2. The van der Waals surface area contributed by atoms with E-state index in [0.717, 1.165) is 23.5 Å². The molecule has 0 fully saturated rings. The summed E-state index contributed by atoms with van der Waals surface area (Å²) in [5.74, 6) is 1.68.